The number of quaternary nitrogens is 2. The van der Waals surface area contributed by atoms with Crippen LogP contribution >= 0.6 is 0 Å². The van der Waals surface area contributed by atoms with Gasteiger partial charge >= 0.3 is 0 Å². The highest BCUT2D eigenvalue weighted by Crippen LogP contribution is 2.33. The molecule has 0 aliphatic carbocycles. The van der Waals surface area contributed by atoms with Crippen molar-refractivity contribution in [3.63, 3.8) is 0 Å². The quantitative estimate of drug-likeness (QED) is 0.610. The molecule has 1 aromatic carbocycles. The molecule has 1 aromatic rings. The van der Waals surface area contributed by atoms with E-state index in [9.17, 15) is 9.59 Å². The zero-order valence-electron chi connectivity index (χ0n) is 14.4. The SMILES string of the molecule is COc1ccc(N2C(=O)C[C@H]([NH+]3CC[NH+](C)CC3)C2=O)cc1OC. The van der Waals surface area contributed by atoms with Crippen molar-refractivity contribution in [2.45, 2.75) is 12.5 Å². The maximum atomic E-state index is 12.9. The van der Waals surface area contributed by atoms with Gasteiger partial charge in [-0.2, -0.15) is 0 Å². The summed E-state index contributed by atoms with van der Waals surface area (Å²) in [5.74, 6) is 0.830. The Morgan fingerprint density at radius 1 is 1.04 bits per heavy atom. The molecule has 130 valence electrons. The first kappa shape index (κ1) is 16.7. The summed E-state index contributed by atoms with van der Waals surface area (Å²) in [4.78, 5) is 29.3. The minimum atomic E-state index is -0.265. The topological polar surface area (TPSA) is 64.7 Å². The van der Waals surface area contributed by atoms with E-state index < -0.39 is 0 Å². The minimum absolute atomic E-state index is 0.109. The lowest BCUT2D eigenvalue weighted by molar-refractivity contribution is -1.01. The number of carbonyl (C=O) groups excluding carboxylic acids is 2. The van der Waals surface area contributed by atoms with Crippen LogP contribution in [-0.4, -0.2) is 65.3 Å². The first-order chi connectivity index (χ1) is 11.5. The van der Waals surface area contributed by atoms with Crippen molar-refractivity contribution in [2.24, 2.45) is 0 Å². The number of hydrogen-bond donors (Lipinski definition) is 2. The number of likely N-dealkylation sites (N-methyl/N-ethyl adjacent to an activating group) is 1. The van der Waals surface area contributed by atoms with Crippen LogP contribution in [0.15, 0.2) is 18.2 Å². The summed E-state index contributed by atoms with van der Waals surface area (Å²) in [5.41, 5.74) is 0.546. The average Bonchev–Trinajstić information content (AvgIpc) is 2.89. The monoisotopic (exact) mass is 335 g/mol. The summed E-state index contributed by atoms with van der Waals surface area (Å²) in [6, 6.07) is 4.86. The molecule has 1 atom stereocenters. The van der Waals surface area contributed by atoms with Crippen LogP contribution < -0.4 is 24.2 Å². The molecule has 0 radical (unpaired) electrons. The molecular formula is C17H25N3O4+2. The highest BCUT2D eigenvalue weighted by Gasteiger charge is 2.46. The zero-order chi connectivity index (χ0) is 17.3. The Hall–Kier alpha value is -2.12. The highest BCUT2D eigenvalue weighted by atomic mass is 16.5. The number of imide groups is 1. The Kier molecular flexibility index (Phi) is 4.73. The molecule has 24 heavy (non-hydrogen) atoms. The maximum absolute atomic E-state index is 12.9. The molecule has 2 aliphatic heterocycles. The van der Waals surface area contributed by atoms with Crippen molar-refractivity contribution in [2.75, 3.05) is 52.3 Å². The lowest BCUT2D eigenvalue weighted by Gasteiger charge is -2.30. The number of nitrogens with one attached hydrogen (secondary N) is 2. The molecular weight excluding hydrogens is 310 g/mol. The molecule has 2 fully saturated rings. The Labute approximate surface area is 141 Å². The number of piperazine rings is 1. The van der Waals surface area contributed by atoms with Gasteiger partial charge in [0.2, 0.25) is 5.91 Å². The lowest BCUT2D eigenvalue weighted by atomic mass is 10.2. The molecule has 3 rings (SSSR count). The van der Waals surface area contributed by atoms with E-state index in [1.54, 1.807) is 25.3 Å². The second-order valence-electron chi connectivity index (χ2n) is 6.48. The summed E-state index contributed by atoms with van der Waals surface area (Å²) in [7, 11) is 5.25. The predicted octanol–water partition coefficient (Wildman–Crippen LogP) is -2.25. The van der Waals surface area contributed by atoms with Crippen LogP contribution in [-0.2, 0) is 9.59 Å². The van der Waals surface area contributed by atoms with Gasteiger partial charge in [0, 0.05) is 6.07 Å². The number of ether oxygens (including phenoxy) is 2. The van der Waals surface area contributed by atoms with Gasteiger partial charge in [0.25, 0.3) is 5.91 Å². The van der Waals surface area contributed by atoms with Gasteiger partial charge in [-0.25, -0.2) is 4.90 Å². The molecule has 2 saturated heterocycles. The number of rotatable bonds is 4. The summed E-state index contributed by atoms with van der Waals surface area (Å²) < 4.78 is 10.5. The first-order valence-electron chi connectivity index (χ1n) is 8.30. The van der Waals surface area contributed by atoms with Gasteiger partial charge in [-0.3, -0.25) is 9.59 Å². The van der Waals surface area contributed by atoms with Crippen LogP contribution in [0.1, 0.15) is 6.42 Å². The minimum Gasteiger partial charge on any atom is -0.493 e. The third kappa shape index (κ3) is 2.97. The van der Waals surface area contributed by atoms with Crippen molar-refractivity contribution < 1.29 is 28.9 Å². The lowest BCUT2D eigenvalue weighted by Crippen LogP contribution is -3.29. The van der Waals surface area contributed by atoms with Crippen LogP contribution in [0.2, 0.25) is 0 Å². The van der Waals surface area contributed by atoms with Gasteiger partial charge in [-0.05, 0) is 12.1 Å². The van der Waals surface area contributed by atoms with Crippen molar-refractivity contribution in [3.05, 3.63) is 18.2 Å². The van der Waals surface area contributed by atoms with E-state index in [2.05, 4.69) is 7.05 Å². The summed E-state index contributed by atoms with van der Waals surface area (Å²) in [5, 5.41) is 0. The molecule has 0 aromatic heterocycles. The molecule has 0 bridgehead atoms. The van der Waals surface area contributed by atoms with E-state index in [1.807, 2.05) is 0 Å². The average molecular weight is 335 g/mol. The van der Waals surface area contributed by atoms with Gasteiger partial charge in [0.1, 0.15) is 26.2 Å². The van der Waals surface area contributed by atoms with E-state index in [0.29, 0.717) is 17.2 Å². The number of nitrogens with zero attached hydrogens (tertiary/aromatic N) is 1. The third-order valence-corrected chi connectivity index (χ3v) is 5.01. The van der Waals surface area contributed by atoms with Crippen LogP contribution in [0.25, 0.3) is 0 Å². The molecule has 2 N–H and O–H groups in total. The van der Waals surface area contributed by atoms with E-state index in [1.165, 1.54) is 21.8 Å². The summed E-state index contributed by atoms with van der Waals surface area (Å²) >= 11 is 0. The van der Waals surface area contributed by atoms with E-state index in [0.717, 1.165) is 26.2 Å². The molecule has 0 spiro atoms. The Balaban J connectivity index is 1.82. The van der Waals surface area contributed by atoms with Crippen LogP contribution in [0.3, 0.4) is 0 Å². The molecule has 2 heterocycles. The Morgan fingerprint density at radius 3 is 2.33 bits per heavy atom. The third-order valence-electron chi connectivity index (χ3n) is 5.01. The first-order valence-corrected chi connectivity index (χ1v) is 8.30. The number of benzene rings is 1. The molecule has 2 aliphatic rings. The van der Waals surface area contributed by atoms with Crippen molar-refractivity contribution >= 4 is 17.5 Å². The normalized spacial score (nSPS) is 27.5. The summed E-state index contributed by atoms with van der Waals surface area (Å²) in [6.07, 6.45) is 0.279. The van der Waals surface area contributed by atoms with E-state index in [-0.39, 0.29) is 24.3 Å². The van der Waals surface area contributed by atoms with Crippen molar-refractivity contribution in [1.29, 1.82) is 0 Å². The van der Waals surface area contributed by atoms with Crippen LogP contribution in [0.4, 0.5) is 5.69 Å². The fraction of sp³-hybridized carbons (Fsp3) is 0.529. The second kappa shape index (κ2) is 6.78. The van der Waals surface area contributed by atoms with E-state index >= 15 is 0 Å². The zero-order valence-corrected chi connectivity index (χ0v) is 14.4. The van der Waals surface area contributed by atoms with Crippen LogP contribution in [0.5, 0.6) is 11.5 Å². The molecule has 2 amide bonds. The standard InChI is InChI=1S/C17H23N3O4/c1-18-6-8-19(9-7-18)13-11-16(21)20(17(13)22)12-4-5-14(23-2)15(10-12)24-3/h4-5,10,13H,6-9,11H2,1-3H3/p+2/t13-/m0/s1. The second-order valence-corrected chi connectivity index (χ2v) is 6.48. The number of anilines is 1. The molecule has 0 saturated carbocycles. The van der Waals surface area contributed by atoms with Crippen molar-refractivity contribution in [1.82, 2.24) is 0 Å². The fourth-order valence-corrected chi connectivity index (χ4v) is 3.53. The van der Waals surface area contributed by atoms with Crippen molar-refractivity contribution in [3.8, 4) is 11.5 Å². The Morgan fingerprint density at radius 2 is 1.71 bits per heavy atom. The smallest absolute Gasteiger partial charge is 0.292 e. The van der Waals surface area contributed by atoms with Gasteiger partial charge < -0.3 is 19.3 Å². The predicted molar refractivity (Wildman–Crippen MR) is 87.8 cm³/mol. The maximum Gasteiger partial charge on any atom is 0.292 e. The number of carbonyl (C=O) groups is 2. The van der Waals surface area contributed by atoms with Gasteiger partial charge in [-0.1, -0.05) is 0 Å². The highest BCUT2D eigenvalue weighted by molar-refractivity contribution is 6.22. The number of amides is 2. The van der Waals surface area contributed by atoms with Gasteiger partial charge in [-0.15, -0.1) is 0 Å². The van der Waals surface area contributed by atoms with Gasteiger partial charge in [0.15, 0.2) is 17.5 Å². The van der Waals surface area contributed by atoms with E-state index in [4.69, 9.17) is 9.47 Å². The molecule has 0 unspecified atom stereocenters. The van der Waals surface area contributed by atoms with Crippen LogP contribution in [0, 0.1) is 0 Å². The largest absolute Gasteiger partial charge is 0.493 e. The van der Waals surface area contributed by atoms with Gasteiger partial charge in [0.05, 0.1) is 33.4 Å². The fourth-order valence-electron chi connectivity index (χ4n) is 3.53. The number of hydrogen-bond acceptors (Lipinski definition) is 4. The molecule has 7 heteroatoms. The Bertz CT molecular complexity index is 641. The number of methoxy groups -OCH3 is 2. The molecule has 7 nitrogen and oxygen atoms in total. The summed E-state index contributed by atoms with van der Waals surface area (Å²) in [6.45, 7) is 3.91.